The third kappa shape index (κ3) is 3.88. The molecule has 0 radical (unpaired) electrons. The summed E-state index contributed by atoms with van der Waals surface area (Å²) >= 11 is 12.0. The third-order valence-electron chi connectivity index (χ3n) is 3.25. The van der Waals surface area contributed by atoms with Crippen LogP contribution in [0.3, 0.4) is 0 Å². The van der Waals surface area contributed by atoms with Gasteiger partial charge in [0.15, 0.2) is 0 Å². The van der Waals surface area contributed by atoms with Gasteiger partial charge in [0.05, 0.1) is 5.02 Å². The number of hydrogen-bond acceptors (Lipinski definition) is 2. The summed E-state index contributed by atoms with van der Waals surface area (Å²) in [5, 5.41) is 4.07. The number of rotatable bonds is 5. The van der Waals surface area contributed by atoms with Gasteiger partial charge < -0.3 is 10.1 Å². The van der Waals surface area contributed by atoms with E-state index < -0.39 is 0 Å². The fourth-order valence-electron chi connectivity index (χ4n) is 2.02. The third-order valence-corrected chi connectivity index (χ3v) is 4.05. The summed E-state index contributed by atoms with van der Waals surface area (Å²) in [6.07, 6.45) is 2.38. The fourth-order valence-corrected chi connectivity index (χ4v) is 2.35. The Morgan fingerprint density at radius 3 is 2.76 bits per heavy atom. The molecule has 1 fully saturated rings. The average Bonchev–Trinajstić information content (AvgIpc) is 3.25. The normalized spacial score (nSPS) is 14.2. The van der Waals surface area contributed by atoms with Crippen LogP contribution in [0.15, 0.2) is 36.4 Å². The molecule has 0 unspecified atom stereocenters. The lowest BCUT2D eigenvalue weighted by molar-refractivity contribution is 0.475. The van der Waals surface area contributed by atoms with Crippen LogP contribution >= 0.6 is 23.2 Å². The highest BCUT2D eigenvalue weighted by molar-refractivity contribution is 6.42. The zero-order valence-electron chi connectivity index (χ0n) is 11.2. The first-order valence-electron chi connectivity index (χ1n) is 6.76. The van der Waals surface area contributed by atoms with Gasteiger partial charge in [-0.2, -0.15) is 0 Å². The van der Waals surface area contributed by atoms with Crippen molar-refractivity contribution in [3.05, 3.63) is 57.8 Å². The van der Waals surface area contributed by atoms with Crippen LogP contribution in [-0.4, -0.2) is 6.04 Å². The zero-order chi connectivity index (χ0) is 14.8. The van der Waals surface area contributed by atoms with Gasteiger partial charge in [-0.1, -0.05) is 29.3 Å². The Balaban J connectivity index is 1.78. The lowest BCUT2D eigenvalue weighted by Gasteiger charge is -2.10. The van der Waals surface area contributed by atoms with Gasteiger partial charge in [-0.15, -0.1) is 0 Å². The van der Waals surface area contributed by atoms with Crippen molar-refractivity contribution < 1.29 is 9.13 Å². The second-order valence-electron chi connectivity index (χ2n) is 5.10. The van der Waals surface area contributed by atoms with Crippen molar-refractivity contribution in [3.8, 4) is 11.5 Å². The first-order valence-corrected chi connectivity index (χ1v) is 7.52. The summed E-state index contributed by atoms with van der Waals surface area (Å²) in [7, 11) is 0. The van der Waals surface area contributed by atoms with Crippen LogP contribution in [0.5, 0.6) is 11.5 Å². The van der Waals surface area contributed by atoms with E-state index in [1.54, 1.807) is 24.3 Å². The molecule has 0 amide bonds. The lowest BCUT2D eigenvalue weighted by atomic mass is 10.2. The minimum absolute atomic E-state index is 0.320. The molecule has 2 aromatic rings. The summed E-state index contributed by atoms with van der Waals surface area (Å²) in [4.78, 5) is 0. The molecule has 5 heteroatoms. The van der Waals surface area contributed by atoms with Crippen LogP contribution in [0.25, 0.3) is 0 Å². The number of benzene rings is 2. The molecule has 0 saturated heterocycles. The van der Waals surface area contributed by atoms with Gasteiger partial charge in [-0.3, -0.25) is 0 Å². The molecule has 1 aliphatic carbocycles. The highest BCUT2D eigenvalue weighted by Crippen LogP contribution is 2.35. The fraction of sp³-hybridized carbons (Fsp3) is 0.250. The Morgan fingerprint density at radius 2 is 2.00 bits per heavy atom. The zero-order valence-corrected chi connectivity index (χ0v) is 12.7. The first kappa shape index (κ1) is 14.6. The molecule has 0 heterocycles. The molecule has 3 rings (SSSR count). The van der Waals surface area contributed by atoms with E-state index in [4.69, 9.17) is 27.9 Å². The van der Waals surface area contributed by atoms with E-state index in [0.717, 1.165) is 5.56 Å². The molecule has 0 bridgehead atoms. The summed E-state index contributed by atoms with van der Waals surface area (Å²) in [5.74, 6) is 0.487. The van der Waals surface area contributed by atoms with Crippen molar-refractivity contribution in [3.63, 3.8) is 0 Å². The highest BCUT2D eigenvalue weighted by Gasteiger charge is 2.20. The van der Waals surface area contributed by atoms with E-state index in [1.807, 2.05) is 0 Å². The predicted molar refractivity (Wildman–Crippen MR) is 82.8 cm³/mol. The highest BCUT2D eigenvalue weighted by atomic mass is 35.5. The Kier molecular flexibility index (Phi) is 4.34. The summed E-state index contributed by atoms with van der Waals surface area (Å²) in [5.41, 5.74) is 0.843. The number of ether oxygens (including phenoxy) is 1. The summed E-state index contributed by atoms with van der Waals surface area (Å²) < 4.78 is 19.3. The van der Waals surface area contributed by atoms with E-state index in [1.165, 1.54) is 25.0 Å². The molecule has 1 saturated carbocycles. The predicted octanol–water partition coefficient (Wildman–Crippen LogP) is 5.18. The van der Waals surface area contributed by atoms with Gasteiger partial charge in [0, 0.05) is 18.7 Å². The van der Waals surface area contributed by atoms with Crippen molar-refractivity contribution >= 4 is 23.2 Å². The molecule has 1 aliphatic rings. The van der Waals surface area contributed by atoms with Crippen LogP contribution < -0.4 is 10.1 Å². The molecule has 21 heavy (non-hydrogen) atoms. The SMILES string of the molecule is Fc1cc(CNC2CC2)cc(Oc2cccc(Cl)c2Cl)c1. The van der Waals surface area contributed by atoms with Gasteiger partial charge in [-0.05, 0) is 42.7 Å². The molecule has 110 valence electrons. The Morgan fingerprint density at radius 1 is 1.19 bits per heavy atom. The van der Waals surface area contributed by atoms with Crippen LogP contribution in [0, 0.1) is 5.82 Å². The van der Waals surface area contributed by atoms with Crippen molar-refractivity contribution in [1.82, 2.24) is 5.32 Å². The van der Waals surface area contributed by atoms with Gasteiger partial charge >= 0.3 is 0 Å². The molecule has 1 N–H and O–H groups in total. The minimum Gasteiger partial charge on any atom is -0.456 e. The first-order chi connectivity index (χ1) is 10.1. The van der Waals surface area contributed by atoms with Crippen LogP contribution in [0.1, 0.15) is 18.4 Å². The molecular formula is C16H14Cl2FNO. The van der Waals surface area contributed by atoms with Crippen molar-refractivity contribution in [2.45, 2.75) is 25.4 Å². The Labute approximate surface area is 132 Å². The molecule has 2 aromatic carbocycles. The van der Waals surface area contributed by atoms with Crippen LogP contribution in [-0.2, 0) is 6.54 Å². The Hall–Kier alpha value is -1.29. The minimum atomic E-state index is -0.335. The molecular weight excluding hydrogens is 312 g/mol. The monoisotopic (exact) mass is 325 g/mol. The molecule has 0 aromatic heterocycles. The van der Waals surface area contributed by atoms with E-state index in [2.05, 4.69) is 5.32 Å². The smallest absolute Gasteiger partial charge is 0.147 e. The maximum absolute atomic E-state index is 13.7. The summed E-state index contributed by atoms with van der Waals surface area (Å²) in [6, 6.07) is 10.3. The van der Waals surface area contributed by atoms with Gasteiger partial charge in [0.1, 0.15) is 22.3 Å². The lowest BCUT2D eigenvalue weighted by Crippen LogP contribution is -2.15. The number of nitrogens with one attached hydrogen (secondary N) is 1. The summed E-state index contributed by atoms with van der Waals surface area (Å²) in [6.45, 7) is 0.627. The van der Waals surface area contributed by atoms with Gasteiger partial charge in [0.25, 0.3) is 0 Å². The maximum Gasteiger partial charge on any atom is 0.147 e. The second-order valence-corrected chi connectivity index (χ2v) is 5.89. The number of hydrogen-bond donors (Lipinski definition) is 1. The molecule has 2 nitrogen and oxygen atoms in total. The van der Waals surface area contributed by atoms with E-state index in [0.29, 0.717) is 34.1 Å². The quantitative estimate of drug-likeness (QED) is 0.818. The van der Waals surface area contributed by atoms with Gasteiger partial charge in [0.2, 0.25) is 0 Å². The largest absolute Gasteiger partial charge is 0.456 e. The maximum atomic E-state index is 13.7. The average molecular weight is 326 g/mol. The van der Waals surface area contributed by atoms with Crippen LogP contribution in [0.2, 0.25) is 10.0 Å². The van der Waals surface area contributed by atoms with E-state index in [-0.39, 0.29) is 5.82 Å². The molecule has 0 aliphatic heterocycles. The van der Waals surface area contributed by atoms with Crippen molar-refractivity contribution in [1.29, 1.82) is 0 Å². The van der Waals surface area contributed by atoms with E-state index in [9.17, 15) is 4.39 Å². The number of halogens is 3. The standard InChI is InChI=1S/C16H14Cl2FNO/c17-14-2-1-3-15(16(14)18)21-13-7-10(6-11(19)8-13)9-20-12-4-5-12/h1-3,6-8,12,20H,4-5,9H2. The Bertz CT molecular complexity index is 659. The topological polar surface area (TPSA) is 21.3 Å². The van der Waals surface area contributed by atoms with Gasteiger partial charge in [-0.25, -0.2) is 4.39 Å². The molecule has 0 spiro atoms. The molecule has 0 atom stereocenters. The van der Waals surface area contributed by atoms with Crippen LogP contribution in [0.4, 0.5) is 4.39 Å². The van der Waals surface area contributed by atoms with E-state index >= 15 is 0 Å². The van der Waals surface area contributed by atoms with Crippen molar-refractivity contribution in [2.24, 2.45) is 0 Å². The second kappa shape index (κ2) is 6.22. The van der Waals surface area contributed by atoms with Crippen molar-refractivity contribution in [2.75, 3.05) is 0 Å².